The van der Waals surface area contributed by atoms with E-state index in [0.717, 1.165) is 4.47 Å². The number of halogens is 1. The van der Waals surface area contributed by atoms with E-state index in [1.54, 1.807) is 18.2 Å². The molecule has 0 saturated carbocycles. The van der Waals surface area contributed by atoms with E-state index in [2.05, 4.69) is 20.7 Å². The molecule has 1 heterocycles. The molecule has 1 aliphatic heterocycles. The van der Waals surface area contributed by atoms with E-state index in [1.807, 2.05) is 12.1 Å². The summed E-state index contributed by atoms with van der Waals surface area (Å²) in [6, 6.07) is 7.26. The second kappa shape index (κ2) is 5.70. The SMILES string of the molecule is O=C1OC=CC1Oc1ccc(Br)cc1.[NaH]. The van der Waals surface area contributed by atoms with Gasteiger partial charge in [-0.25, -0.2) is 4.79 Å². The number of carbonyl (C=O) groups excluding carboxylic acids is 1. The average Bonchev–Trinajstić information content (AvgIpc) is 2.56. The third kappa shape index (κ3) is 3.34. The Morgan fingerprint density at radius 2 is 1.93 bits per heavy atom. The molecule has 0 saturated heterocycles. The van der Waals surface area contributed by atoms with E-state index in [1.165, 1.54) is 6.26 Å². The zero-order chi connectivity index (χ0) is 9.97. The van der Waals surface area contributed by atoms with Crippen molar-refractivity contribution in [2.75, 3.05) is 0 Å². The third-order valence-electron chi connectivity index (χ3n) is 1.75. The molecule has 0 spiro atoms. The number of cyclic esters (lactones) is 1. The molecule has 1 aromatic carbocycles. The van der Waals surface area contributed by atoms with Crippen LogP contribution in [0.15, 0.2) is 41.1 Å². The first-order chi connectivity index (χ1) is 6.75. The Kier molecular flexibility index (Phi) is 4.86. The predicted molar refractivity (Wildman–Crippen MR) is 60.9 cm³/mol. The fourth-order valence-corrected chi connectivity index (χ4v) is 1.33. The molecular weight excluding hydrogens is 271 g/mol. The molecular formula is C10H8BrNaO3. The van der Waals surface area contributed by atoms with Crippen molar-refractivity contribution in [1.29, 1.82) is 0 Å². The van der Waals surface area contributed by atoms with E-state index < -0.39 is 6.10 Å². The van der Waals surface area contributed by atoms with Gasteiger partial charge in [0.25, 0.3) is 0 Å². The molecule has 0 radical (unpaired) electrons. The first-order valence-corrected chi connectivity index (χ1v) is 4.84. The van der Waals surface area contributed by atoms with Gasteiger partial charge in [-0.3, -0.25) is 0 Å². The van der Waals surface area contributed by atoms with Crippen LogP contribution in [0.2, 0.25) is 0 Å². The van der Waals surface area contributed by atoms with Crippen LogP contribution in [0.4, 0.5) is 0 Å². The Labute approximate surface area is 118 Å². The van der Waals surface area contributed by atoms with E-state index in [0.29, 0.717) is 5.75 Å². The molecule has 1 aromatic rings. The van der Waals surface area contributed by atoms with Crippen LogP contribution in [0, 0.1) is 0 Å². The van der Waals surface area contributed by atoms with Gasteiger partial charge in [-0.2, -0.15) is 0 Å². The molecule has 0 amide bonds. The van der Waals surface area contributed by atoms with Gasteiger partial charge in [0, 0.05) is 10.5 Å². The molecule has 0 N–H and O–H groups in total. The zero-order valence-electron chi connectivity index (χ0n) is 7.14. The van der Waals surface area contributed by atoms with Crippen LogP contribution in [-0.2, 0) is 9.53 Å². The molecule has 1 atom stereocenters. The summed E-state index contributed by atoms with van der Waals surface area (Å²) >= 11 is 3.31. The van der Waals surface area contributed by atoms with Crippen molar-refractivity contribution in [2.45, 2.75) is 6.10 Å². The monoisotopic (exact) mass is 278 g/mol. The normalized spacial score (nSPS) is 18.2. The van der Waals surface area contributed by atoms with Crippen LogP contribution in [0.3, 0.4) is 0 Å². The molecule has 1 aliphatic rings. The predicted octanol–water partition coefficient (Wildman–Crippen LogP) is 1.62. The molecule has 0 aromatic heterocycles. The number of hydrogen-bond acceptors (Lipinski definition) is 3. The summed E-state index contributed by atoms with van der Waals surface area (Å²) in [6.07, 6.45) is 2.30. The van der Waals surface area contributed by atoms with Gasteiger partial charge in [0.1, 0.15) is 5.75 Å². The molecule has 0 aliphatic carbocycles. The van der Waals surface area contributed by atoms with Crippen LogP contribution >= 0.6 is 15.9 Å². The van der Waals surface area contributed by atoms with Crippen LogP contribution in [0.1, 0.15) is 0 Å². The Morgan fingerprint density at radius 3 is 2.47 bits per heavy atom. The first-order valence-electron chi connectivity index (χ1n) is 4.05. The molecule has 1 unspecified atom stereocenters. The van der Waals surface area contributed by atoms with Crippen molar-refractivity contribution >= 4 is 51.5 Å². The standard InChI is InChI=1S/C10H7BrO3.Na.H/c11-7-1-3-8(4-2-7)14-9-5-6-13-10(9)12;;/h1-6,9H;;. The zero-order valence-corrected chi connectivity index (χ0v) is 8.73. The molecule has 2 rings (SSSR count). The summed E-state index contributed by atoms with van der Waals surface area (Å²) in [5.41, 5.74) is 0. The Bertz CT molecular complexity index is 375. The fraction of sp³-hybridized carbons (Fsp3) is 0.100. The Hall–Kier alpha value is -0.290. The minimum atomic E-state index is -0.615. The maximum atomic E-state index is 11.0. The maximum absolute atomic E-state index is 11.0. The van der Waals surface area contributed by atoms with Crippen LogP contribution in [-0.4, -0.2) is 41.6 Å². The van der Waals surface area contributed by atoms with E-state index >= 15 is 0 Å². The van der Waals surface area contributed by atoms with Gasteiger partial charge < -0.3 is 9.47 Å². The number of esters is 1. The molecule has 5 heteroatoms. The van der Waals surface area contributed by atoms with Gasteiger partial charge >= 0.3 is 35.5 Å². The van der Waals surface area contributed by atoms with Crippen LogP contribution in [0.5, 0.6) is 5.75 Å². The second-order valence-electron chi connectivity index (χ2n) is 2.76. The van der Waals surface area contributed by atoms with Gasteiger partial charge in [-0.05, 0) is 24.3 Å². The summed E-state index contributed by atoms with van der Waals surface area (Å²) in [4.78, 5) is 11.0. The van der Waals surface area contributed by atoms with Gasteiger partial charge in [-0.1, -0.05) is 15.9 Å². The topological polar surface area (TPSA) is 35.5 Å². The Balaban J connectivity index is 0.00000112. The van der Waals surface area contributed by atoms with Gasteiger partial charge in [-0.15, -0.1) is 0 Å². The molecule has 0 bridgehead atoms. The number of benzene rings is 1. The second-order valence-corrected chi connectivity index (χ2v) is 3.67. The molecule has 74 valence electrons. The summed E-state index contributed by atoms with van der Waals surface area (Å²) in [5.74, 6) is 0.259. The number of carbonyl (C=O) groups is 1. The van der Waals surface area contributed by atoms with Crippen LogP contribution in [0.25, 0.3) is 0 Å². The third-order valence-corrected chi connectivity index (χ3v) is 2.28. The summed E-state index contributed by atoms with van der Waals surface area (Å²) < 4.78 is 10.9. The summed E-state index contributed by atoms with van der Waals surface area (Å²) in [6.45, 7) is 0. The number of rotatable bonds is 2. The first kappa shape index (κ1) is 12.8. The number of ether oxygens (including phenoxy) is 2. The van der Waals surface area contributed by atoms with E-state index in [-0.39, 0.29) is 35.5 Å². The molecule has 3 nitrogen and oxygen atoms in total. The molecule has 15 heavy (non-hydrogen) atoms. The fourth-order valence-electron chi connectivity index (χ4n) is 1.07. The number of hydrogen-bond donors (Lipinski definition) is 0. The molecule has 0 fully saturated rings. The van der Waals surface area contributed by atoms with E-state index in [9.17, 15) is 4.79 Å². The quantitative estimate of drug-likeness (QED) is 0.609. The van der Waals surface area contributed by atoms with Gasteiger partial charge in [0.05, 0.1) is 6.26 Å². The van der Waals surface area contributed by atoms with Crippen molar-refractivity contribution in [3.05, 3.63) is 41.1 Å². The van der Waals surface area contributed by atoms with Gasteiger partial charge in [0.15, 0.2) is 0 Å². The van der Waals surface area contributed by atoms with Crippen LogP contribution < -0.4 is 4.74 Å². The summed E-state index contributed by atoms with van der Waals surface area (Å²) in [5, 5.41) is 0. The van der Waals surface area contributed by atoms with Crippen molar-refractivity contribution in [2.24, 2.45) is 0 Å². The average molecular weight is 279 g/mol. The van der Waals surface area contributed by atoms with E-state index in [4.69, 9.17) is 4.74 Å². The van der Waals surface area contributed by atoms with Crippen molar-refractivity contribution < 1.29 is 14.3 Å². The minimum absolute atomic E-state index is 0. The van der Waals surface area contributed by atoms with Gasteiger partial charge in [0.2, 0.25) is 6.10 Å². The summed E-state index contributed by atoms with van der Waals surface area (Å²) in [7, 11) is 0. The van der Waals surface area contributed by atoms with Crippen molar-refractivity contribution in [3.8, 4) is 5.75 Å². The Morgan fingerprint density at radius 1 is 1.27 bits per heavy atom. The van der Waals surface area contributed by atoms with Crippen molar-refractivity contribution in [3.63, 3.8) is 0 Å². The van der Waals surface area contributed by atoms with Crippen molar-refractivity contribution in [1.82, 2.24) is 0 Å².